The second-order valence-corrected chi connectivity index (χ2v) is 6.41. The van der Waals surface area contributed by atoms with Crippen LogP contribution in [0.3, 0.4) is 0 Å². The summed E-state index contributed by atoms with van der Waals surface area (Å²) < 4.78 is 7.34. The number of nitrogens with one attached hydrogen (secondary N) is 1. The van der Waals surface area contributed by atoms with E-state index in [1.54, 1.807) is 20.4 Å². The number of carbonyl (C=O) groups excluding carboxylic acids is 1. The first-order chi connectivity index (χ1) is 12.1. The topological polar surface area (TPSA) is 85.4 Å². The van der Waals surface area contributed by atoms with Crippen molar-refractivity contribution in [3.05, 3.63) is 47.8 Å². The lowest BCUT2D eigenvalue weighted by Gasteiger charge is -2.23. The van der Waals surface area contributed by atoms with E-state index < -0.39 is 0 Å². The summed E-state index contributed by atoms with van der Waals surface area (Å²) in [6.07, 6.45) is 4.37. The van der Waals surface area contributed by atoms with Crippen LogP contribution in [0.25, 0.3) is 0 Å². The van der Waals surface area contributed by atoms with Crippen molar-refractivity contribution in [2.75, 3.05) is 20.7 Å². The first-order valence-corrected chi connectivity index (χ1v) is 8.45. The van der Waals surface area contributed by atoms with Gasteiger partial charge in [-0.15, -0.1) is 0 Å². The molecule has 1 fully saturated rings. The van der Waals surface area contributed by atoms with Crippen LogP contribution in [0, 0.1) is 0 Å². The van der Waals surface area contributed by atoms with E-state index in [0.717, 1.165) is 23.4 Å². The van der Waals surface area contributed by atoms with E-state index in [2.05, 4.69) is 21.4 Å². The Balaban J connectivity index is 1.79. The predicted molar refractivity (Wildman–Crippen MR) is 95.2 cm³/mol. The zero-order valence-corrected chi connectivity index (χ0v) is 14.7. The van der Waals surface area contributed by atoms with Gasteiger partial charge in [0, 0.05) is 44.1 Å². The van der Waals surface area contributed by atoms with Gasteiger partial charge in [-0.25, -0.2) is 0 Å². The molecule has 0 saturated carbocycles. The highest BCUT2D eigenvalue weighted by Crippen LogP contribution is 2.24. The molecule has 0 aliphatic carbocycles. The summed E-state index contributed by atoms with van der Waals surface area (Å²) in [7, 11) is 3.34. The number of nitrogens with two attached hydrogens (primary N) is 1. The van der Waals surface area contributed by atoms with Gasteiger partial charge in [-0.1, -0.05) is 6.07 Å². The van der Waals surface area contributed by atoms with Crippen LogP contribution >= 0.6 is 0 Å². The number of hydrogen-bond acceptors (Lipinski definition) is 5. The van der Waals surface area contributed by atoms with Crippen molar-refractivity contribution in [2.24, 2.45) is 5.73 Å². The molecule has 3 rings (SSSR count). The molecule has 7 nitrogen and oxygen atoms in total. The third kappa shape index (κ3) is 4.00. The zero-order chi connectivity index (χ0) is 17.8. The molecule has 2 aromatic rings. The van der Waals surface area contributed by atoms with E-state index in [4.69, 9.17) is 10.5 Å². The van der Waals surface area contributed by atoms with Gasteiger partial charge in [-0.2, -0.15) is 5.10 Å². The van der Waals surface area contributed by atoms with Gasteiger partial charge in [0.05, 0.1) is 19.7 Å². The summed E-state index contributed by atoms with van der Waals surface area (Å²) in [5, 5.41) is 6.99. The first kappa shape index (κ1) is 17.4. The van der Waals surface area contributed by atoms with Crippen LogP contribution in [0.2, 0.25) is 0 Å². The molecule has 7 heteroatoms. The molecular formula is C18H25N5O2. The lowest BCUT2D eigenvalue weighted by Crippen LogP contribution is -2.41. The Morgan fingerprint density at radius 1 is 1.44 bits per heavy atom. The number of methoxy groups -OCH3 is 1. The number of hydrogen-bond donors (Lipinski definition) is 2. The van der Waals surface area contributed by atoms with Crippen molar-refractivity contribution in [1.29, 1.82) is 0 Å². The van der Waals surface area contributed by atoms with Crippen molar-refractivity contribution in [3.63, 3.8) is 0 Å². The number of amides is 1. The molecule has 1 aliphatic heterocycles. The molecule has 0 spiro atoms. The number of carbonyl (C=O) groups is 1. The molecular weight excluding hydrogens is 318 g/mol. The van der Waals surface area contributed by atoms with Gasteiger partial charge in [0.15, 0.2) is 0 Å². The highest BCUT2D eigenvalue weighted by atomic mass is 16.5. The molecule has 1 aromatic carbocycles. The number of rotatable bonds is 6. The van der Waals surface area contributed by atoms with Crippen LogP contribution in [0.4, 0.5) is 0 Å². The molecule has 0 bridgehead atoms. The van der Waals surface area contributed by atoms with E-state index in [0.29, 0.717) is 19.5 Å². The maximum atomic E-state index is 12.1. The quantitative estimate of drug-likeness (QED) is 0.802. The molecule has 0 radical (unpaired) electrons. The monoisotopic (exact) mass is 343 g/mol. The number of benzene rings is 1. The lowest BCUT2D eigenvalue weighted by atomic mass is 10.1. The number of nitrogens with zero attached hydrogens (tertiary/aromatic N) is 3. The van der Waals surface area contributed by atoms with E-state index in [-0.39, 0.29) is 18.0 Å². The van der Waals surface area contributed by atoms with Crippen LogP contribution in [-0.2, 0) is 17.9 Å². The fraction of sp³-hybridized carbons (Fsp3) is 0.444. The Hall–Kier alpha value is -2.38. The first-order valence-electron chi connectivity index (χ1n) is 8.45. The fourth-order valence-corrected chi connectivity index (χ4v) is 3.41. The molecule has 134 valence electrons. The highest BCUT2D eigenvalue weighted by Gasteiger charge is 2.34. The van der Waals surface area contributed by atoms with Crippen molar-refractivity contribution in [3.8, 4) is 5.75 Å². The van der Waals surface area contributed by atoms with E-state index in [1.165, 1.54) is 0 Å². The number of aromatic nitrogens is 2. The Morgan fingerprint density at radius 3 is 2.96 bits per heavy atom. The second-order valence-electron chi connectivity index (χ2n) is 6.41. The Labute approximate surface area is 147 Å². The summed E-state index contributed by atoms with van der Waals surface area (Å²) in [6.45, 7) is 2.04. The van der Waals surface area contributed by atoms with Gasteiger partial charge in [-0.3, -0.25) is 14.4 Å². The molecule has 1 aromatic heterocycles. The Morgan fingerprint density at radius 2 is 2.28 bits per heavy atom. The van der Waals surface area contributed by atoms with E-state index >= 15 is 0 Å². The van der Waals surface area contributed by atoms with Crippen molar-refractivity contribution >= 4 is 5.91 Å². The maximum Gasteiger partial charge on any atom is 0.237 e. The van der Waals surface area contributed by atoms with Gasteiger partial charge in [-0.05, 0) is 30.2 Å². The van der Waals surface area contributed by atoms with Gasteiger partial charge in [0.2, 0.25) is 5.91 Å². The Bertz CT molecular complexity index is 716. The maximum absolute atomic E-state index is 12.1. The largest absolute Gasteiger partial charge is 0.496 e. The van der Waals surface area contributed by atoms with Crippen LogP contribution in [-0.4, -0.2) is 53.4 Å². The van der Waals surface area contributed by atoms with Crippen molar-refractivity contribution in [1.82, 2.24) is 20.0 Å². The van der Waals surface area contributed by atoms with Gasteiger partial charge in [0.25, 0.3) is 0 Å². The molecule has 3 N–H and O–H groups in total. The summed E-state index contributed by atoms with van der Waals surface area (Å²) >= 11 is 0. The molecule has 2 heterocycles. The molecule has 25 heavy (non-hydrogen) atoms. The standard InChI is InChI=1S/C18H25N5O2/c1-20-18(24)16-9-15(19)12-22(16)10-13-4-5-17(25-2)14(8-13)11-23-7-3-6-21-23/h3-8,15-16H,9-12,19H2,1-2H3,(H,20,24)/t15-,16+/m1/s1. The average Bonchev–Trinajstić information content (AvgIpc) is 3.24. The minimum atomic E-state index is -0.170. The molecule has 1 saturated heterocycles. The van der Waals surface area contributed by atoms with Crippen LogP contribution in [0.15, 0.2) is 36.7 Å². The molecule has 1 aliphatic rings. The Kier molecular flexibility index (Phi) is 5.35. The van der Waals surface area contributed by atoms with Gasteiger partial charge in [0.1, 0.15) is 5.75 Å². The second kappa shape index (κ2) is 7.67. The van der Waals surface area contributed by atoms with Gasteiger partial charge < -0.3 is 15.8 Å². The molecule has 1 amide bonds. The van der Waals surface area contributed by atoms with Gasteiger partial charge >= 0.3 is 0 Å². The normalized spacial score (nSPS) is 20.6. The molecule has 2 atom stereocenters. The SMILES string of the molecule is CNC(=O)[C@@H]1C[C@@H](N)CN1Cc1ccc(OC)c(Cn2cccn2)c1. The number of ether oxygens (including phenoxy) is 1. The summed E-state index contributed by atoms with van der Waals surface area (Å²) in [6, 6.07) is 7.89. The molecule has 0 unspecified atom stereocenters. The summed E-state index contributed by atoms with van der Waals surface area (Å²) in [5.41, 5.74) is 8.26. The minimum Gasteiger partial charge on any atom is -0.496 e. The van der Waals surface area contributed by atoms with Crippen molar-refractivity contribution < 1.29 is 9.53 Å². The summed E-state index contributed by atoms with van der Waals surface area (Å²) in [4.78, 5) is 14.2. The zero-order valence-electron chi connectivity index (χ0n) is 14.7. The lowest BCUT2D eigenvalue weighted by molar-refractivity contribution is -0.125. The number of likely N-dealkylation sites (tertiary alicyclic amines) is 1. The van der Waals surface area contributed by atoms with Crippen molar-refractivity contribution in [2.45, 2.75) is 31.6 Å². The highest BCUT2D eigenvalue weighted by molar-refractivity contribution is 5.81. The third-order valence-electron chi connectivity index (χ3n) is 4.61. The third-order valence-corrected chi connectivity index (χ3v) is 4.61. The van der Waals surface area contributed by atoms with Crippen LogP contribution < -0.4 is 15.8 Å². The van der Waals surface area contributed by atoms with E-state index in [1.807, 2.05) is 29.1 Å². The summed E-state index contributed by atoms with van der Waals surface area (Å²) in [5.74, 6) is 0.860. The average molecular weight is 343 g/mol. The minimum absolute atomic E-state index is 0.0261. The fourth-order valence-electron chi connectivity index (χ4n) is 3.41. The van der Waals surface area contributed by atoms with Crippen LogP contribution in [0.1, 0.15) is 17.5 Å². The predicted octanol–water partition coefficient (Wildman–Crippen LogP) is 0.588. The number of likely N-dealkylation sites (N-methyl/N-ethyl adjacent to an activating group) is 1. The smallest absolute Gasteiger partial charge is 0.237 e. The van der Waals surface area contributed by atoms with E-state index in [9.17, 15) is 4.79 Å². The van der Waals surface area contributed by atoms with Crippen LogP contribution in [0.5, 0.6) is 5.75 Å².